The number of nitriles is 1. The van der Waals surface area contributed by atoms with Crippen molar-refractivity contribution >= 4 is 23.6 Å². The van der Waals surface area contributed by atoms with E-state index >= 15 is 0 Å². The third-order valence-electron chi connectivity index (χ3n) is 2.67. The van der Waals surface area contributed by atoms with E-state index in [9.17, 15) is 9.59 Å². The second kappa shape index (κ2) is 5.10. The molecule has 1 fully saturated rings. The summed E-state index contributed by atoms with van der Waals surface area (Å²) >= 11 is 1.41. The first-order valence-electron chi connectivity index (χ1n) is 5.25. The highest BCUT2D eigenvalue weighted by Gasteiger charge is 2.34. The van der Waals surface area contributed by atoms with Gasteiger partial charge in [-0.15, -0.1) is 11.8 Å². The predicted molar refractivity (Wildman–Crippen MR) is 66.1 cm³/mol. The molecule has 0 aliphatic carbocycles. The number of benzene rings is 1. The van der Waals surface area contributed by atoms with Crippen molar-refractivity contribution in [2.75, 3.05) is 11.6 Å². The van der Waals surface area contributed by atoms with Crippen LogP contribution < -0.4 is 0 Å². The number of rotatable bonds is 2. The van der Waals surface area contributed by atoms with Crippen molar-refractivity contribution in [1.29, 1.82) is 5.26 Å². The van der Waals surface area contributed by atoms with Gasteiger partial charge in [-0.25, -0.2) is 4.79 Å². The minimum atomic E-state index is -0.996. The van der Waals surface area contributed by atoms with Gasteiger partial charge >= 0.3 is 5.97 Å². The van der Waals surface area contributed by atoms with Crippen molar-refractivity contribution < 1.29 is 14.7 Å². The van der Waals surface area contributed by atoms with Gasteiger partial charge in [-0.3, -0.25) is 4.79 Å². The van der Waals surface area contributed by atoms with Crippen LogP contribution in [0.25, 0.3) is 0 Å². The summed E-state index contributed by atoms with van der Waals surface area (Å²) in [6.45, 7) is 0. The highest BCUT2D eigenvalue weighted by molar-refractivity contribution is 7.99. The maximum Gasteiger partial charge on any atom is 0.327 e. The Hall–Kier alpha value is -2.00. The number of nitrogens with zero attached hydrogens (tertiary/aromatic N) is 2. The second-order valence-corrected chi connectivity index (χ2v) is 4.82. The van der Waals surface area contributed by atoms with Crippen molar-refractivity contribution in [3.63, 3.8) is 0 Å². The number of carboxylic acids is 1. The van der Waals surface area contributed by atoms with Gasteiger partial charge in [-0.2, -0.15) is 5.26 Å². The van der Waals surface area contributed by atoms with Crippen molar-refractivity contribution in [3.8, 4) is 6.07 Å². The van der Waals surface area contributed by atoms with Gasteiger partial charge < -0.3 is 10.0 Å². The number of aliphatic carboxylic acids is 1. The van der Waals surface area contributed by atoms with Crippen LogP contribution in [-0.2, 0) is 4.79 Å². The number of hydrogen-bond donors (Lipinski definition) is 1. The molecule has 1 aromatic rings. The van der Waals surface area contributed by atoms with E-state index in [0.29, 0.717) is 22.8 Å². The van der Waals surface area contributed by atoms with E-state index in [4.69, 9.17) is 10.4 Å². The van der Waals surface area contributed by atoms with Gasteiger partial charge in [0.15, 0.2) is 0 Å². The van der Waals surface area contributed by atoms with Gasteiger partial charge in [0.1, 0.15) is 6.04 Å². The van der Waals surface area contributed by atoms with E-state index in [1.807, 2.05) is 6.07 Å². The Balaban J connectivity index is 2.25. The molecule has 0 spiro atoms. The van der Waals surface area contributed by atoms with Crippen molar-refractivity contribution in [1.82, 2.24) is 4.90 Å². The van der Waals surface area contributed by atoms with Crippen molar-refractivity contribution in [2.45, 2.75) is 6.04 Å². The topological polar surface area (TPSA) is 81.4 Å². The van der Waals surface area contributed by atoms with Crippen LogP contribution in [-0.4, -0.2) is 39.6 Å². The van der Waals surface area contributed by atoms with Gasteiger partial charge in [-0.1, -0.05) is 6.07 Å². The molecule has 6 heteroatoms. The molecule has 18 heavy (non-hydrogen) atoms. The summed E-state index contributed by atoms with van der Waals surface area (Å²) in [7, 11) is 0. The van der Waals surface area contributed by atoms with Crippen LogP contribution in [0.1, 0.15) is 15.9 Å². The van der Waals surface area contributed by atoms with Crippen LogP contribution in [0.5, 0.6) is 0 Å². The van der Waals surface area contributed by atoms with Crippen LogP contribution in [0.15, 0.2) is 24.3 Å². The minimum absolute atomic E-state index is 0.343. The Kier molecular flexibility index (Phi) is 3.53. The molecule has 1 amide bonds. The Morgan fingerprint density at radius 1 is 1.50 bits per heavy atom. The zero-order valence-corrected chi connectivity index (χ0v) is 10.2. The number of carboxylic acid groups (broad SMARTS) is 1. The fraction of sp³-hybridized carbons (Fsp3) is 0.250. The monoisotopic (exact) mass is 262 g/mol. The molecule has 1 heterocycles. The van der Waals surface area contributed by atoms with Gasteiger partial charge in [0.25, 0.3) is 5.91 Å². The highest BCUT2D eigenvalue weighted by Crippen LogP contribution is 2.23. The quantitative estimate of drug-likeness (QED) is 0.864. The summed E-state index contributed by atoms with van der Waals surface area (Å²) in [4.78, 5) is 24.5. The van der Waals surface area contributed by atoms with E-state index in [1.165, 1.54) is 22.7 Å². The highest BCUT2D eigenvalue weighted by atomic mass is 32.2. The largest absolute Gasteiger partial charge is 0.480 e. The molecule has 5 nitrogen and oxygen atoms in total. The van der Waals surface area contributed by atoms with Crippen molar-refractivity contribution in [2.24, 2.45) is 0 Å². The lowest BCUT2D eigenvalue weighted by Gasteiger charge is -2.20. The molecule has 92 valence electrons. The summed E-state index contributed by atoms with van der Waals surface area (Å²) in [5.74, 6) is -0.569. The van der Waals surface area contributed by atoms with Crippen LogP contribution >= 0.6 is 11.8 Å². The number of carbonyl (C=O) groups is 2. The van der Waals surface area contributed by atoms with E-state index < -0.39 is 12.0 Å². The first kappa shape index (κ1) is 12.5. The lowest BCUT2D eigenvalue weighted by molar-refractivity contribution is -0.140. The average molecular weight is 262 g/mol. The van der Waals surface area contributed by atoms with E-state index in [0.717, 1.165) is 0 Å². The molecular formula is C12H10N2O3S. The lowest BCUT2D eigenvalue weighted by Crippen LogP contribution is -2.41. The number of amides is 1. The Morgan fingerprint density at radius 3 is 2.94 bits per heavy atom. The molecule has 0 radical (unpaired) electrons. The Morgan fingerprint density at radius 2 is 2.28 bits per heavy atom. The standard InChI is InChI=1S/C12H10N2O3S/c13-5-8-2-1-3-9(4-8)11(15)14-7-18-6-10(14)12(16)17/h1-4,10H,6-7H2,(H,16,17). The summed E-state index contributed by atoms with van der Waals surface area (Å²) in [6.07, 6.45) is 0. The smallest absolute Gasteiger partial charge is 0.327 e. The SMILES string of the molecule is N#Cc1cccc(C(=O)N2CSCC2C(=O)O)c1. The molecule has 1 N–H and O–H groups in total. The summed E-state index contributed by atoms with van der Waals surface area (Å²) in [5.41, 5.74) is 0.738. The number of thioether (sulfide) groups is 1. The molecule has 1 aromatic carbocycles. The normalized spacial score (nSPS) is 18.4. The van der Waals surface area contributed by atoms with E-state index in [1.54, 1.807) is 18.2 Å². The molecule has 1 unspecified atom stereocenters. The Bertz CT molecular complexity index is 538. The zero-order chi connectivity index (χ0) is 13.1. The van der Waals surface area contributed by atoms with Gasteiger partial charge in [0, 0.05) is 11.3 Å². The number of hydrogen-bond acceptors (Lipinski definition) is 4. The van der Waals surface area contributed by atoms with Gasteiger partial charge in [-0.05, 0) is 18.2 Å². The summed E-state index contributed by atoms with van der Waals surface area (Å²) in [6, 6.07) is 7.45. The van der Waals surface area contributed by atoms with Crippen LogP contribution in [0.2, 0.25) is 0 Å². The minimum Gasteiger partial charge on any atom is -0.480 e. The van der Waals surface area contributed by atoms with Crippen molar-refractivity contribution in [3.05, 3.63) is 35.4 Å². The molecule has 0 saturated carbocycles. The average Bonchev–Trinajstić information content (AvgIpc) is 2.87. The fourth-order valence-electron chi connectivity index (χ4n) is 1.73. The molecular weight excluding hydrogens is 252 g/mol. The first-order chi connectivity index (χ1) is 8.63. The summed E-state index contributed by atoms with van der Waals surface area (Å²) < 4.78 is 0. The lowest BCUT2D eigenvalue weighted by atomic mass is 10.1. The van der Waals surface area contributed by atoms with Crippen LogP contribution in [0, 0.1) is 11.3 Å². The summed E-state index contributed by atoms with van der Waals surface area (Å²) in [5, 5.41) is 17.8. The maximum atomic E-state index is 12.2. The van der Waals surface area contributed by atoms with E-state index in [-0.39, 0.29) is 5.91 Å². The van der Waals surface area contributed by atoms with E-state index in [2.05, 4.69) is 0 Å². The Labute approximate surface area is 108 Å². The molecule has 1 aliphatic heterocycles. The van der Waals surface area contributed by atoms with Crippen LogP contribution in [0.3, 0.4) is 0 Å². The second-order valence-electron chi connectivity index (χ2n) is 3.82. The molecule has 1 saturated heterocycles. The molecule has 2 rings (SSSR count). The molecule has 1 aliphatic rings. The third-order valence-corrected chi connectivity index (χ3v) is 3.68. The zero-order valence-electron chi connectivity index (χ0n) is 9.37. The number of carbonyl (C=O) groups excluding carboxylic acids is 1. The first-order valence-corrected chi connectivity index (χ1v) is 6.40. The molecule has 0 aromatic heterocycles. The predicted octanol–water partition coefficient (Wildman–Crippen LogP) is 1.16. The van der Waals surface area contributed by atoms with Crippen LogP contribution in [0.4, 0.5) is 0 Å². The van der Waals surface area contributed by atoms with Gasteiger partial charge in [0.05, 0.1) is 17.5 Å². The fourth-order valence-corrected chi connectivity index (χ4v) is 2.88. The molecule has 0 bridgehead atoms. The maximum absolute atomic E-state index is 12.2. The molecule has 1 atom stereocenters. The van der Waals surface area contributed by atoms with Gasteiger partial charge in [0.2, 0.25) is 0 Å². The third kappa shape index (κ3) is 2.31.